The minimum Gasteiger partial charge on any atom is -0.459 e. The van der Waals surface area contributed by atoms with Crippen LogP contribution in [0.15, 0.2) is 16.5 Å². The Kier molecular flexibility index (Phi) is 2.04. The lowest BCUT2D eigenvalue weighted by Gasteiger charge is -1.97. The molecule has 0 amide bonds. The van der Waals surface area contributed by atoms with Gasteiger partial charge in [0, 0.05) is 17.0 Å². The van der Waals surface area contributed by atoms with Gasteiger partial charge in [0.15, 0.2) is 11.5 Å². The largest absolute Gasteiger partial charge is 0.459 e. The van der Waals surface area contributed by atoms with E-state index in [1.54, 1.807) is 0 Å². The summed E-state index contributed by atoms with van der Waals surface area (Å²) in [4.78, 5) is 0. The molecule has 1 aliphatic rings. The number of fused-ring (bicyclic) bond motifs is 2. The summed E-state index contributed by atoms with van der Waals surface area (Å²) in [6, 6.07) is 3.84. The molecule has 0 spiro atoms. The minimum atomic E-state index is 0.285. The third-order valence-electron chi connectivity index (χ3n) is 2.91. The molecule has 16 heavy (non-hydrogen) atoms. The molecule has 1 aliphatic heterocycles. The molecule has 1 aromatic carbocycles. The van der Waals surface area contributed by atoms with E-state index in [2.05, 4.69) is 6.92 Å². The van der Waals surface area contributed by atoms with Gasteiger partial charge in [0.25, 0.3) is 0 Å². The zero-order chi connectivity index (χ0) is 11.1. The van der Waals surface area contributed by atoms with Gasteiger partial charge in [-0.2, -0.15) is 0 Å². The van der Waals surface area contributed by atoms with Crippen LogP contribution < -0.4 is 15.2 Å². The van der Waals surface area contributed by atoms with Gasteiger partial charge in [-0.1, -0.05) is 6.92 Å². The second-order valence-corrected chi connectivity index (χ2v) is 3.76. The quantitative estimate of drug-likeness (QED) is 0.841. The Bertz CT molecular complexity index is 545. The number of hydrogen-bond donors (Lipinski definition) is 1. The lowest BCUT2D eigenvalue weighted by Crippen LogP contribution is -1.97. The second-order valence-electron chi connectivity index (χ2n) is 3.76. The Morgan fingerprint density at radius 1 is 1.25 bits per heavy atom. The summed E-state index contributed by atoms with van der Waals surface area (Å²) < 4.78 is 16.4. The number of nitrogens with two attached hydrogens (primary N) is 1. The molecule has 0 bridgehead atoms. The van der Waals surface area contributed by atoms with Gasteiger partial charge in [-0.25, -0.2) is 0 Å². The van der Waals surface area contributed by atoms with Crippen LogP contribution in [0.25, 0.3) is 11.0 Å². The highest BCUT2D eigenvalue weighted by atomic mass is 16.7. The van der Waals surface area contributed by atoms with Crippen LogP contribution in [0.4, 0.5) is 0 Å². The van der Waals surface area contributed by atoms with Gasteiger partial charge in [0.2, 0.25) is 6.79 Å². The van der Waals surface area contributed by atoms with Crippen LogP contribution in [0.3, 0.4) is 0 Å². The first-order chi connectivity index (χ1) is 7.83. The highest BCUT2D eigenvalue weighted by Gasteiger charge is 2.19. The fourth-order valence-electron chi connectivity index (χ4n) is 2.14. The summed E-state index contributed by atoms with van der Waals surface area (Å²) in [6.45, 7) is 2.80. The molecule has 3 rings (SSSR count). The average molecular weight is 219 g/mol. The monoisotopic (exact) mass is 219 g/mol. The van der Waals surface area contributed by atoms with Gasteiger partial charge in [0.1, 0.15) is 11.3 Å². The lowest BCUT2D eigenvalue weighted by molar-refractivity contribution is 0.174. The third kappa shape index (κ3) is 1.20. The van der Waals surface area contributed by atoms with Crippen LogP contribution in [-0.4, -0.2) is 6.79 Å². The van der Waals surface area contributed by atoms with Gasteiger partial charge >= 0.3 is 0 Å². The van der Waals surface area contributed by atoms with E-state index in [4.69, 9.17) is 19.6 Å². The standard InChI is InChI=1S/C12H13NO3/c1-2-7-8-3-10-11(15-6-14-10)4-9(8)16-12(7)5-13/h3-4H,2,5-6,13H2,1H3. The molecule has 2 heterocycles. The van der Waals surface area contributed by atoms with E-state index in [1.165, 1.54) is 0 Å². The molecule has 4 nitrogen and oxygen atoms in total. The van der Waals surface area contributed by atoms with Crippen molar-refractivity contribution in [3.63, 3.8) is 0 Å². The van der Waals surface area contributed by atoms with Crippen molar-refractivity contribution in [1.29, 1.82) is 0 Å². The van der Waals surface area contributed by atoms with Crippen molar-refractivity contribution in [1.82, 2.24) is 0 Å². The maximum atomic E-state index is 5.70. The molecular weight excluding hydrogens is 206 g/mol. The van der Waals surface area contributed by atoms with E-state index in [0.29, 0.717) is 6.54 Å². The van der Waals surface area contributed by atoms with E-state index in [0.717, 1.165) is 40.2 Å². The van der Waals surface area contributed by atoms with Gasteiger partial charge in [-0.3, -0.25) is 0 Å². The Morgan fingerprint density at radius 2 is 2.00 bits per heavy atom. The molecule has 1 aromatic heterocycles. The van der Waals surface area contributed by atoms with Crippen LogP contribution in [0.5, 0.6) is 11.5 Å². The Morgan fingerprint density at radius 3 is 2.69 bits per heavy atom. The Hall–Kier alpha value is -1.68. The fourth-order valence-corrected chi connectivity index (χ4v) is 2.14. The van der Waals surface area contributed by atoms with Crippen molar-refractivity contribution < 1.29 is 13.9 Å². The van der Waals surface area contributed by atoms with E-state index in [9.17, 15) is 0 Å². The first kappa shape index (κ1) is 9.54. The zero-order valence-corrected chi connectivity index (χ0v) is 9.08. The maximum absolute atomic E-state index is 5.70. The molecule has 0 aliphatic carbocycles. The van der Waals surface area contributed by atoms with Gasteiger partial charge < -0.3 is 19.6 Å². The zero-order valence-electron chi connectivity index (χ0n) is 9.08. The predicted molar refractivity (Wildman–Crippen MR) is 59.6 cm³/mol. The third-order valence-corrected chi connectivity index (χ3v) is 2.91. The molecule has 2 N–H and O–H groups in total. The number of aryl methyl sites for hydroxylation is 1. The van der Waals surface area contributed by atoms with E-state index in [1.807, 2.05) is 12.1 Å². The Labute approximate surface area is 92.9 Å². The van der Waals surface area contributed by atoms with E-state index >= 15 is 0 Å². The van der Waals surface area contributed by atoms with Crippen molar-refractivity contribution in [2.75, 3.05) is 6.79 Å². The molecule has 0 fully saturated rings. The average Bonchev–Trinajstić information content (AvgIpc) is 2.87. The maximum Gasteiger partial charge on any atom is 0.231 e. The molecule has 0 atom stereocenters. The number of benzene rings is 1. The van der Waals surface area contributed by atoms with Gasteiger partial charge in [-0.05, 0) is 12.5 Å². The molecule has 84 valence electrons. The summed E-state index contributed by atoms with van der Waals surface area (Å²) in [5.41, 5.74) is 7.64. The minimum absolute atomic E-state index is 0.285. The SMILES string of the molecule is CCc1c(CN)oc2cc3c(cc12)OCO3. The molecule has 0 unspecified atom stereocenters. The van der Waals surface area contributed by atoms with E-state index < -0.39 is 0 Å². The van der Waals surface area contributed by atoms with Crippen molar-refractivity contribution in [3.05, 3.63) is 23.5 Å². The van der Waals surface area contributed by atoms with Gasteiger partial charge in [0.05, 0.1) is 6.54 Å². The summed E-state index contributed by atoms with van der Waals surface area (Å²) >= 11 is 0. The number of hydrogen-bond acceptors (Lipinski definition) is 4. The van der Waals surface area contributed by atoms with Crippen LogP contribution in [0.2, 0.25) is 0 Å². The van der Waals surface area contributed by atoms with Crippen LogP contribution in [0.1, 0.15) is 18.2 Å². The first-order valence-electron chi connectivity index (χ1n) is 5.37. The highest BCUT2D eigenvalue weighted by Crippen LogP contribution is 2.39. The normalized spacial score (nSPS) is 13.6. The highest BCUT2D eigenvalue weighted by molar-refractivity contribution is 5.86. The summed E-state index contributed by atoms with van der Waals surface area (Å²) in [6.07, 6.45) is 0.902. The molecule has 0 radical (unpaired) electrons. The van der Waals surface area contributed by atoms with Crippen molar-refractivity contribution in [2.24, 2.45) is 5.73 Å². The van der Waals surface area contributed by atoms with Crippen LogP contribution >= 0.6 is 0 Å². The van der Waals surface area contributed by atoms with Crippen LogP contribution in [-0.2, 0) is 13.0 Å². The lowest BCUT2D eigenvalue weighted by atomic mass is 10.1. The van der Waals surface area contributed by atoms with Crippen LogP contribution in [0, 0.1) is 0 Å². The smallest absolute Gasteiger partial charge is 0.231 e. The molecular formula is C12H13NO3. The molecule has 0 saturated heterocycles. The van der Waals surface area contributed by atoms with Crippen molar-refractivity contribution >= 4 is 11.0 Å². The molecule has 2 aromatic rings. The van der Waals surface area contributed by atoms with Gasteiger partial charge in [-0.15, -0.1) is 0 Å². The van der Waals surface area contributed by atoms with Crippen molar-refractivity contribution in [3.8, 4) is 11.5 Å². The van der Waals surface area contributed by atoms with E-state index in [-0.39, 0.29) is 6.79 Å². The number of rotatable bonds is 2. The topological polar surface area (TPSA) is 57.6 Å². The summed E-state index contributed by atoms with van der Waals surface area (Å²) in [5, 5.41) is 1.08. The molecule has 4 heteroatoms. The Balaban J connectivity index is 2.28. The fraction of sp³-hybridized carbons (Fsp3) is 0.333. The number of ether oxygens (including phenoxy) is 2. The number of furan rings is 1. The summed E-state index contributed by atoms with van der Waals surface area (Å²) in [5.74, 6) is 2.38. The predicted octanol–water partition coefficient (Wildman–Crippen LogP) is 2.18. The molecule has 0 saturated carbocycles. The first-order valence-corrected chi connectivity index (χ1v) is 5.37. The van der Waals surface area contributed by atoms with Crippen molar-refractivity contribution in [2.45, 2.75) is 19.9 Å². The summed E-state index contributed by atoms with van der Waals surface area (Å²) in [7, 11) is 0. The second kappa shape index (κ2) is 3.42.